The lowest BCUT2D eigenvalue weighted by Crippen LogP contribution is -2.59. The zero-order chi connectivity index (χ0) is 32.4. The van der Waals surface area contributed by atoms with Crippen LogP contribution in [0.4, 0.5) is 0 Å². The van der Waals surface area contributed by atoms with E-state index in [1.165, 1.54) is 4.90 Å². The van der Waals surface area contributed by atoms with E-state index in [9.17, 15) is 24.3 Å². The third-order valence-corrected chi connectivity index (χ3v) is 9.56. The van der Waals surface area contributed by atoms with Gasteiger partial charge in [0.15, 0.2) is 0 Å². The second kappa shape index (κ2) is 13.2. The number of rotatable bonds is 6. The van der Waals surface area contributed by atoms with Crippen molar-refractivity contribution in [2.24, 2.45) is 11.8 Å². The molecule has 0 aliphatic carbocycles. The second-order valence-corrected chi connectivity index (χ2v) is 12.7. The first kappa shape index (κ1) is 31.7. The first-order valence-electron chi connectivity index (χ1n) is 16.1. The Balaban J connectivity index is 1.43. The number of aliphatic hydroxyl groups is 1. The molecule has 242 valence electrons. The van der Waals surface area contributed by atoms with E-state index in [2.05, 4.69) is 5.32 Å². The molecule has 0 unspecified atom stereocenters. The molecule has 2 aromatic carbocycles. The highest BCUT2D eigenvalue weighted by atomic mass is 16.6. The number of hydrogen-bond acceptors (Lipinski definition) is 7. The van der Waals surface area contributed by atoms with Crippen LogP contribution in [0.1, 0.15) is 43.9 Å². The molecule has 46 heavy (non-hydrogen) atoms. The Labute approximate surface area is 269 Å². The van der Waals surface area contributed by atoms with Gasteiger partial charge >= 0.3 is 5.97 Å². The normalized spacial score (nSPS) is 31.2. The Morgan fingerprint density at radius 1 is 0.978 bits per heavy atom. The minimum Gasteiger partial charge on any atom is -0.455 e. The van der Waals surface area contributed by atoms with Crippen LogP contribution in [0.5, 0.6) is 0 Å². The summed E-state index contributed by atoms with van der Waals surface area (Å²) in [6.07, 6.45) is 6.68. The average Bonchev–Trinajstić information content (AvgIpc) is 3.71. The number of amides is 3. The van der Waals surface area contributed by atoms with E-state index in [0.29, 0.717) is 18.4 Å². The van der Waals surface area contributed by atoms with E-state index in [0.717, 1.165) is 5.56 Å². The minimum atomic E-state index is -1.41. The minimum absolute atomic E-state index is 0.0637. The van der Waals surface area contributed by atoms with Gasteiger partial charge in [0.2, 0.25) is 17.7 Å². The van der Waals surface area contributed by atoms with Crippen LogP contribution in [0.3, 0.4) is 0 Å². The van der Waals surface area contributed by atoms with Crippen LogP contribution in [-0.2, 0) is 35.1 Å². The number of carbonyl (C=O) groups is 4. The molecule has 0 saturated carbocycles. The highest BCUT2D eigenvalue weighted by Gasteiger charge is 2.74. The van der Waals surface area contributed by atoms with Crippen molar-refractivity contribution in [1.82, 2.24) is 15.1 Å². The quantitative estimate of drug-likeness (QED) is 0.373. The van der Waals surface area contributed by atoms with Crippen LogP contribution in [-0.4, -0.2) is 88.1 Å². The molecule has 10 nitrogen and oxygen atoms in total. The van der Waals surface area contributed by atoms with Gasteiger partial charge in [0.25, 0.3) is 0 Å². The molecule has 4 heterocycles. The Morgan fingerprint density at radius 3 is 2.39 bits per heavy atom. The van der Waals surface area contributed by atoms with Crippen LogP contribution in [0.25, 0.3) is 0 Å². The van der Waals surface area contributed by atoms with E-state index in [-0.39, 0.29) is 44.0 Å². The van der Waals surface area contributed by atoms with E-state index in [1.54, 1.807) is 17.1 Å². The van der Waals surface area contributed by atoms with E-state index >= 15 is 0 Å². The van der Waals surface area contributed by atoms with Crippen molar-refractivity contribution in [2.45, 2.75) is 69.0 Å². The Kier molecular flexibility index (Phi) is 9.11. The van der Waals surface area contributed by atoms with Gasteiger partial charge in [-0.05, 0) is 37.8 Å². The molecule has 4 aliphatic rings. The summed E-state index contributed by atoms with van der Waals surface area (Å²) < 4.78 is 12.6. The lowest BCUT2D eigenvalue weighted by atomic mass is 9.74. The van der Waals surface area contributed by atoms with E-state index < -0.39 is 53.6 Å². The maximum atomic E-state index is 14.7. The summed E-state index contributed by atoms with van der Waals surface area (Å²) >= 11 is 0. The monoisotopic (exact) mass is 627 g/mol. The molecule has 2 fully saturated rings. The SMILES string of the molecule is CC(C)N1C/C=C\CCC(=O)NC[C@H](c2ccccc2)OC(=O)[C@@H]2[C@H]3C(=O)N([C@@H](CO)Cc4ccccc4)[C@H](C1=O)[C@]31C=C[C@H]2O1. The fourth-order valence-corrected chi connectivity index (χ4v) is 7.33. The molecule has 5 bridgehead atoms. The van der Waals surface area contributed by atoms with Gasteiger partial charge in [-0.3, -0.25) is 19.2 Å². The van der Waals surface area contributed by atoms with Gasteiger partial charge in [0.05, 0.1) is 31.2 Å². The lowest BCUT2D eigenvalue weighted by Gasteiger charge is -2.40. The Bertz CT molecular complexity index is 1510. The number of aliphatic hydroxyl groups excluding tert-OH is 1. The summed E-state index contributed by atoms with van der Waals surface area (Å²) in [5.74, 6) is -3.62. The zero-order valence-corrected chi connectivity index (χ0v) is 26.2. The first-order chi connectivity index (χ1) is 22.2. The van der Waals surface area contributed by atoms with Crippen molar-refractivity contribution >= 4 is 23.7 Å². The smallest absolute Gasteiger partial charge is 0.313 e. The van der Waals surface area contributed by atoms with Gasteiger partial charge in [-0.15, -0.1) is 0 Å². The maximum absolute atomic E-state index is 14.7. The van der Waals surface area contributed by atoms with Crippen molar-refractivity contribution in [3.8, 4) is 0 Å². The molecular formula is C36H41N3O7. The number of benzene rings is 2. The molecule has 2 aromatic rings. The van der Waals surface area contributed by atoms with Crippen molar-refractivity contribution in [2.75, 3.05) is 19.7 Å². The Morgan fingerprint density at radius 2 is 1.70 bits per heavy atom. The highest BCUT2D eigenvalue weighted by Crippen LogP contribution is 2.56. The number of cyclic esters (lactones) is 1. The highest BCUT2D eigenvalue weighted by molar-refractivity contribution is 5.99. The summed E-state index contributed by atoms with van der Waals surface area (Å²) in [6, 6.07) is 16.6. The molecule has 3 amide bonds. The fourth-order valence-electron chi connectivity index (χ4n) is 7.33. The van der Waals surface area contributed by atoms with Crippen molar-refractivity contribution in [1.29, 1.82) is 0 Å². The van der Waals surface area contributed by atoms with Gasteiger partial charge in [-0.1, -0.05) is 85.0 Å². The molecule has 1 spiro atoms. The van der Waals surface area contributed by atoms with Gasteiger partial charge in [-0.2, -0.15) is 0 Å². The fraction of sp³-hybridized carbons (Fsp3) is 0.444. The lowest BCUT2D eigenvalue weighted by molar-refractivity contribution is -0.160. The summed E-state index contributed by atoms with van der Waals surface area (Å²) in [6.45, 7) is 3.74. The molecule has 7 atom stereocenters. The van der Waals surface area contributed by atoms with Crippen molar-refractivity contribution < 1.29 is 33.8 Å². The molecule has 10 heteroatoms. The molecule has 0 radical (unpaired) electrons. The number of nitrogens with one attached hydrogen (secondary N) is 1. The van der Waals surface area contributed by atoms with Crippen LogP contribution in [0.15, 0.2) is 85.0 Å². The molecule has 6 rings (SSSR count). The summed E-state index contributed by atoms with van der Waals surface area (Å²) in [5.41, 5.74) is 0.192. The standard InChI is InChI=1S/C36H41N3O7/c1-23(2)38-19-11-5-10-16-29(41)37-21-28(25-14-8-4-9-15-25)45-35(44)30-27-17-18-36(46-27)31(30)33(42)39(32(36)34(38)43)26(22-40)20-24-12-6-3-7-13-24/h3-9,11-15,17-18,23,26-28,30-32,40H,10,16,19-22H2,1-2H3,(H,37,41)/b11-5-/t26-,27-,28-,30+,31+,32-,36+/m1/s1. The predicted octanol–water partition coefficient (Wildman–Crippen LogP) is 2.73. The molecule has 0 aromatic heterocycles. The summed E-state index contributed by atoms with van der Waals surface area (Å²) in [5, 5.41) is 13.6. The average molecular weight is 628 g/mol. The van der Waals surface area contributed by atoms with Gasteiger partial charge < -0.3 is 29.7 Å². The first-order valence-corrected chi connectivity index (χ1v) is 16.1. The number of nitrogens with zero attached hydrogens (tertiary/aromatic N) is 2. The summed E-state index contributed by atoms with van der Waals surface area (Å²) in [7, 11) is 0. The number of hydrogen-bond donors (Lipinski definition) is 2. The molecule has 2 saturated heterocycles. The number of carbonyl (C=O) groups excluding carboxylic acids is 4. The Hall–Kier alpha value is -4.28. The largest absolute Gasteiger partial charge is 0.455 e. The molecular weight excluding hydrogens is 586 g/mol. The van der Waals surface area contributed by atoms with Crippen LogP contribution in [0.2, 0.25) is 0 Å². The number of fused-ring (bicyclic) bond motifs is 2. The maximum Gasteiger partial charge on any atom is 0.313 e. The molecule has 4 aliphatic heterocycles. The van der Waals surface area contributed by atoms with Crippen molar-refractivity contribution in [3.63, 3.8) is 0 Å². The van der Waals surface area contributed by atoms with Crippen LogP contribution >= 0.6 is 0 Å². The topological polar surface area (TPSA) is 125 Å². The van der Waals surface area contributed by atoms with Gasteiger partial charge in [-0.25, -0.2) is 0 Å². The number of allylic oxidation sites excluding steroid dienone is 1. The van der Waals surface area contributed by atoms with Gasteiger partial charge in [0, 0.05) is 19.0 Å². The summed E-state index contributed by atoms with van der Waals surface area (Å²) in [4.78, 5) is 59.3. The van der Waals surface area contributed by atoms with E-state index in [4.69, 9.17) is 9.47 Å². The van der Waals surface area contributed by atoms with Crippen molar-refractivity contribution in [3.05, 3.63) is 96.1 Å². The zero-order valence-electron chi connectivity index (χ0n) is 26.2. The van der Waals surface area contributed by atoms with Crippen LogP contribution < -0.4 is 5.32 Å². The second-order valence-electron chi connectivity index (χ2n) is 12.7. The molecule has 2 N–H and O–H groups in total. The third kappa shape index (κ3) is 5.76. The number of esters is 1. The predicted molar refractivity (Wildman–Crippen MR) is 169 cm³/mol. The van der Waals surface area contributed by atoms with E-state index in [1.807, 2.05) is 86.7 Å². The third-order valence-electron chi connectivity index (χ3n) is 9.56. The number of likely N-dealkylation sites (tertiary alicyclic amines) is 1. The van der Waals surface area contributed by atoms with Gasteiger partial charge in [0.1, 0.15) is 23.7 Å². The van der Waals surface area contributed by atoms with Crippen LogP contribution in [0, 0.1) is 11.8 Å². The number of ether oxygens (including phenoxy) is 2.